The van der Waals surface area contributed by atoms with Crippen molar-refractivity contribution in [3.05, 3.63) is 77.3 Å². The second kappa shape index (κ2) is 8.85. The molecule has 0 spiro atoms. The van der Waals surface area contributed by atoms with Crippen molar-refractivity contribution in [3.63, 3.8) is 0 Å². The van der Waals surface area contributed by atoms with Gasteiger partial charge in [0.05, 0.1) is 40.0 Å². The van der Waals surface area contributed by atoms with E-state index in [1.807, 2.05) is 6.07 Å². The van der Waals surface area contributed by atoms with Gasteiger partial charge in [-0.15, -0.1) is 0 Å². The lowest BCUT2D eigenvalue weighted by molar-refractivity contribution is 0.417. The molecule has 0 fully saturated rings. The number of hydrogen-bond acceptors (Lipinski definition) is 6. The van der Waals surface area contributed by atoms with Gasteiger partial charge in [-0.25, -0.2) is 16.8 Å². The highest BCUT2D eigenvalue weighted by atomic mass is 35.5. The highest BCUT2D eigenvalue weighted by Crippen LogP contribution is 2.31. The fraction of sp³-hybridized carbons (Fsp3) is 0.0500. The standard InChI is InChI=1S/C20H16ClN3O5S2/c1-29-19-8-3-2-7-18(19)24-31(27,28)20-12-15(9-10-17(20)21)23-30(25,26)16-6-4-5-14(11-16)13-22/h2-12,23-24H,1H3. The van der Waals surface area contributed by atoms with Crippen molar-refractivity contribution < 1.29 is 21.6 Å². The van der Waals surface area contributed by atoms with Crippen molar-refractivity contribution >= 4 is 43.0 Å². The van der Waals surface area contributed by atoms with Gasteiger partial charge in [-0.05, 0) is 48.5 Å². The summed E-state index contributed by atoms with van der Waals surface area (Å²) in [7, 11) is -6.84. The topological polar surface area (TPSA) is 125 Å². The number of ether oxygens (including phenoxy) is 1. The normalized spacial score (nSPS) is 11.4. The van der Waals surface area contributed by atoms with Crippen LogP contribution in [0.5, 0.6) is 5.75 Å². The maximum absolute atomic E-state index is 12.9. The molecule has 3 aromatic carbocycles. The molecule has 0 aromatic heterocycles. The first-order chi connectivity index (χ1) is 14.7. The van der Waals surface area contributed by atoms with Gasteiger partial charge in [0.2, 0.25) is 0 Å². The lowest BCUT2D eigenvalue weighted by Gasteiger charge is -2.14. The fourth-order valence-corrected chi connectivity index (χ4v) is 5.34. The summed E-state index contributed by atoms with van der Waals surface area (Å²) in [6.45, 7) is 0. The van der Waals surface area contributed by atoms with E-state index in [-0.39, 0.29) is 31.8 Å². The molecular formula is C20H16ClN3O5S2. The van der Waals surface area contributed by atoms with Crippen LogP contribution in [0.2, 0.25) is 5.02 Å². The molecule has 0 unspecified atom stereocenters. The van der Waals surface area contributed by atoms with Crippen LogP contribution >= 0.6 is 11.6 Å². The van der Waals surface area contributed by atoms with E-state index < -0.39 is 20.0 Å². The smallest absolute Gasteiger partial charge is 0.263 e. The Balaban J connectivity index is 1.95. The second-order valence-electron chi connectivity index (χ2n) is 6.20. The number of sulfonamides is 2. The SMILES string of the molecule is COc1ccccc1NS(=O)(=O)c1cc(NS(=O)(=O)c2cccc(C#N)c2)ccc1Cl. The molecule has 0 bridgehead atoms. The lowest BCUT2D eigenvalue weighted by Crippen LogP contribution is -2.16. The number of para-hydroxylation sites is 2. The summed E-state index contributed by atoms with van der Waals surface area (Å²) >= 11 is 6.08. The van der Waals surface area contributed by atoms with Gasteiger partial charge >= 0.3 is 0 Å². The zero-order chi connectivity index (χ0) is 22.6. The number of rotatable bonds is 7. The van der Waals surface area contributed by atoms with Gasteiger partial charge in [0, 0.05) is 0 Å². The number of nitriles is 1. The molecule has 0 atom stereocenters. The van der Waals surface area contributed by atoms with Gasteiger partial charge in [-0.1, -0.05) is 29.8 Å². The van der Waals surface area contributed by atoms with Crippen molar-refractivity contribution in [2.45, 2.75) is 9.79 Å². The van der Waals surface area contributed by atoms with Crippen LogP contribution < -0.4 is 14.2 Å². The number of hydrogen-bond donors (Lipinski definition) is 2. The Labute approximate surface area is 185 Å². The van der Waals surface area contributed by atoms with Gasteiger partial charge in [0.25, 0.3) is 20.0 Å². The lowest BCUT2D eigenvalue weighted by atomic mass is 10.2. The minimum absolute atomic E-state index is 0.0211. The van der Waals surface area contributed by atoms with Crippen molar-refractivity contribution in [1.82, 2.24) is 0 Å². The van der Waals surface area contributed by atoms with Crippen LogP contribution in [0.3, 0.4) is 0 Å². The van der Waals surface area contributed by atoms with Gasteiger partial charge in [0.1, 0.15) is 10.6 Å². The number of nitrogens with zero attached hydrogens (tertiary/aromatic N) is 1. The number of halogens is 1. The molecule has 0 heterocycles. The maximum atomic E-state index is 12.9. The predicted octanol–water partition coefficient (Wildman–Crippen LogP) is 3.82. The van der Waals surface area contributed by atoms with Crippen molar-refractivity contribution in [2.24, 2.45) is 0 Å². The zero-order valence-corrected chi connectivity index (χ0v) is 18.4. The first kappa shape index (κ1) is 22.4. The first-order valence-corrected chi connectivity index (χ1v) is 12.0. The average molecular weight is 478 g/mol. The summed E-state index contributed by atoms with van der Waals surface area (Å²) in [5.74, 6) is 0.302. The molecule has 0 saturated heterocycles. The molecule has 0 saturated carbocycles. The Morgan fingerprint density at radius 2 is 1.65 bits per heavy atom. The maximum Gasteiger partial charge on any atom is 0.263 e. The molecule has 0 amide bonds. The Bertz CT molecular complexity index is 1380. The molecule has 0 aliphatic heterocycles. The Morgan fingerprint density at radius 3 is 2.35 bits per heavy atom. The highest BCUT2D eigenvalue weighted by Gasteiger charge is 2.22. The molecule has 31 heavy (non-hydrogen) atoms. The first-order valence-electron chi connectivity index (χ1n) is 8.64. The Kier molecular flexibility index (Phi) is 6.40. The third-order valence-corrected chi connectivity index (χ3v) is 7.32. The molecular weight excluding hydrogens is 462 g/mol. The van der Waals surface area contributed by atoms with Gasteiger partial charge < -0.3 is 4.74 Å². The van der Waals surface area contributed by atoms with E-state index in [1.165, 1.54) is 49.6 Å². The molecule has 3 rings (SSSR count). The number of benzene rings is 3. The quantitative estimate of drug-likeness (QED) is 0.532. The van der Waals surface area contributed by atoms with Crippen LogP contribution in [-0.4, -0.2) is 23.9 Å². The summed E-state index contributed by atoms with van der Waals surface area (Å²) < 4.78 is 60.9. The summed E-state index contributed by atoms with van der Waals surface area (Å²) in [4.78, 5) is -0.468. The van der Waals surface area contributed by atoms with Gasteiger partial charge in [0.15, 0.2) is 0 Å². The largest absolute Gasteiger partial charge is 0.495 e. The molecule has 2 N–H and O–H groups in total. The van der Waals surface area contributed by atoms with Crippen LogP contribution in [0.1, 0.15) is 5.56 Å². The molecule has 0 aliphatic rings. The van der Waals surface area contributed by atoms with Crippen LogP contribution in [0.4, 0.5) is 11.4 Å². The molecule has 11 heteroatoms. The third kappa shape index (κ3) is 5.08. The van der Waals surface area contributed by atoms with Crippen molar-refractivity contribution in [2.75, 3.05) is 16.6 Å². The summed E-state index contributed by atoms with van der Waals surface area (Å²) in [6.07, 6.45) is 0. The van der Waals surface area contributed by atoms with Crippen LogP contribution in [-0.2, 0) is 20.0 Å². The highest BCUT2D eigenvalue weighted by molar-refractivity contribution is 7.93. The minimum Gasteiger partial charge on any atom is -0.495 e. The van der Waals surface area contributed by atoms with Crippen LogP contribution in [0.15, 0.2) is 76.5 Å². The van der Waals surface area contributed by atoms with Crippen LogP contribution in [0, 0.1) is 11.3 Å². The number of anilines is 2. The summed E-state index contributed by atoms with van der Waals surface area (Å²) in [5.41, 5.74) is 0.343. The Hall–Kier alpha value is -3.26. The minimum atomic E-state index is -4.17. The number of methoxy groups -OCH3 is 1. The van der Waals surface area contributed by atoms with E-state index in [2.05, 4.69) is 9.44 Å². The van der Waals surface area contributed by atoms with E-state index in [0.717, 1.165) is 6.07 Å². The molecule has 3 aromatic rings. The molecule has 160 valence electrons. The average Bonchev–Trinajstić information content (AvgIpc) is 2.75. The van der Waals surface area contributed by atoms with Gasteiger partial charge in [-0.3, -0.25) is 9.44 Å². The molecule has 0 radical (unpaired) electrons. The second-order valence-corrected chi connectivity index (χ2v) is 9.94. The van der Waals surface area contributed by atoms with E-state index >= 15 is 0 Å². The van der Waals surface area contributed by atoms with E-state index in [0.29, 0.717) is 5.75 Å². The van der Waals surface area contributed by atoms with Crippen molar-refractivity contribution in [3.8, 4) is 11.8 Å². The van der Waals surface area contributed by atoms with E-state index in [9.17, 15) is 16.8 Å². The van der Waals surface area contributed by atoms with Crippen molar-refractivity contribution in [1.29, 1.82) is 5.26 Å². The zero-order valence-electron chi connectivity index (χ0n) is 16.0. The summed E-state index contributed by atoms with van der Waals surface area (Å²) in [5, 5.41) is 8.87. The molecule has 0 aliphatic carbocycles. The van der Waals surface area contributed by atoms with E-state index in [4.69, 9.17) is 21.6 Å². The predicted molar refractivity (Wildman–Crippen MR) is 117 cm³/mol. The third-order valence-electron chi connectivity index (χ3n) is 4.10. The van der Waals surface area contributed by atoms with Gasteiger partial charge in [-0.2, -0.15) is 5.26 Å². The number of nitrogens with one attached hydrogen (secondary N) is 2. The Morgan fingerprint density at radius 1 is 0.903 bits per heavy atom. The fourth-order valence-electron chi connectivity index (χ4n) is 2.65. The molecule has 8 nitrogen and oxygen atoms in total. The van der Waals surface area contributed by atoms with E-state index in [1.54, 1.807) is 18.2 Å². The van der Waals surface area contributed by atoms with Crippen LogP contribution in [0.25, 0.3) is 0 Å². The monoisotopic (exact) mass is 477 g/mol. The summed E-state index contributed by atoms with van der Waals surface area (Å²) in [6, 6.07) is 17.4.